The Morgan fingerprint density at radius 2 is 2.11 bits per heavy atom. The second-order valence-electron chi connectivity index (χ2n) is 4.85. The van der Waals surface area contributed by atoms with E-state index in [1.165, 1.54) is 23.3 Å². The molecule has 3 rings (SSSR count). The molecule has 94 valence electrons. The molecule has 1 heterocycles. The summed E-state index contributed by atoms with van der Waals surface area (Å²) in [5.74, 6) is -0.153. The average Bonchev–Trinajstić information content (AvgIpc) is 3.09. The highest BCUT2D eigenvalue weighted by Gasteiger charge is 2.21. The van der Waals surface area contributed by atoms with Crippen LogP contribution in [0, 0.1) is 12.7 Å². The van der Waals surface area contributed by atoms with Gasteiger partial charge in [0.15, 0.2) is 0 Å². The maximum Gasteiger partial charge on any atom is 0.123 e. The van der Waals surface area contributed by atoms with Crippen molar-refractivity contribution in [3.05, 3.63) is 45.9 Å². The molecule has 0 saturated heterocycles. The number of halogens is 1. The zero-order chi connectivity index (χ0) is 12.5. The van der Waals surface area contributed by atoms with E-state index in [9.17, 15) is 4.39 Å². The van der Waals surface area contributed by atoms with Crippen LogP contribution in [0.3, 0.4) is 0 Å². The van der Waals surface area contributed by atoms with Crippen LogP contribution in [-0.2, 0) is 6.54 Å². The highest BCUT2D eigenvalue weighted by Crippen LogP contribution is 2.31. The molecule has 1 aliphatic carbocycles. The zero-order valence-electron chi connectivity index (χ0n) is 10.4. The van der Waals surface area contributed by atoms with E-state index in [4.69, 9.17) is 0 Å². The molecule has 1 fully saturated rings. The van der Waals surface area contributed by atoms with Gasteiger partial charge in [0.25, 0.3) is 0 Å². The van der Waals surface area contributed by atoms with Crippen LogP contribution in [0.2, 0.25) is 0 Å². The van der Waals surface area contributed by atoms with E-state index in [-0.39, 0.29) is 5.82 Å². The summed E-state index contributed by atoms with van der Waals surface area (Å²) >= 11 is 1.73. The van der Waals surface area contributed by atoms with Crippen LogP contribution in [0.15, 0.2) is 29.6 Å². The minimum Gasteiger partial charge on any atom is -0.310 e. The number of benzene rings is 1. The van der Waals surface area contributed by atoms with Gasteiger partial charge in [-0.15, -0.1) is 11.3 Å². The molecular formula is C15H16FNS. The first kappa shape index (κ1) is 11.9. The summed E-state index contributed by atoms with van der Waals surface area (Å²) in [5, 5.41) is 5.55. The number of hydrogen-bond donors (Lipinski definition) is 1. The third kappa shape index (κ3) is 2.47. The van der Waals surface area contributed by atoms with E-state index in [0.717, 1.165) is 17.7 Å². The number of thiophene rings is 1. The van der Waals surface area contributed by atoms with Gasteiger partial charge < -0.3 is 5.32 Å². The maximum atomic E-state index is 13.4. The molecule has 1 N–H and O–H groups in total. The Balaban J connectivity index is 1.94. The Morgan fingerprint density at radius 1 is 1.28 bits per heavy atom. The van der Waals surface area contributed by atoms with Crippen molar-refractivity contribution in [2.24, 2.45) is 0 Å². The molecule has 1 aromatic carbocycles. The molecule has 0 amide bonds. The van der Waals surface area contributed by atoms with Crippen molar-refractivity contribution in [3.8, 4) is 11.1 Å². The number of nitrogens with one attached hydrogen (secondary N) is 1. The lowest BCUT2D eigenvalue weighted by molar-refractivity contribution is 0.620. The third-order valence-electron chi connectivity index (χ3n) is 3.37. The molecular weight excluding hydrogens is 245 g/mol. The van der Waals surface area contributed by atoms with Gasteiger partial charge in [0.05, 0.1) is 0 Å². The molecule has 18 heavy (non-hydrogen) atoms. The molecule has 1 saturated carbocycles. The fourth-order valence-corrected chi connectivity index (χ4v) is 2.89. The van der Waals surface area contributed by atoms with Crippen molar-refractivity contribution in [2.45, 2.75) is 32.4 Å². The van der Waals surface area contributed by atoms with Gasteiger partial charge >= 0.3 is 0 Å². The fraction of sp³-hybridized carbons (Fsp3) is 0.333. The van der Waals surface area contributed by atoms with Gasteiger partial charge in [-0.1, -0.05) is 6.07 Å². The Hall–Kier alpha value is -1.19. The van der Waals surface area contributed by atoms with Gasteiger partial charge in [0.2, 0.25) is 0 Å². The summed E-state index contributed by atoms with van der Waals surface area (Å²) in [5.41, 5.74) is 3.44. The maximum absolute atomic E-state index is 13.4. The number of rotatable bonds is 4. The van der Waals surface area contributed by atoms with Crippen molar-refractivity contribution in [1.29, 1.82) is 0 Å². The molecule has 2 aromatic rings. The van der Waals surface area contributed by atoms with Crippen LogP contribution >= 0.6 is 11.3 Å². The van der Waals surface area contributed by atoms with Crippen LogP contribution in [0.4, 0.5) is 4.39 Å². The van der Waals surface area contributed by atoms with E-state index in [1.54, 1.807) is 23.5 Å². The molecule has 1 aromatic heterocycles. The first-order valence-electron chi connectivity index (χ1n) is 6.30. The van der Waals surface area contributed by atoms with Crippen LogP contribution in [0.25, 0.3) is 11.1 Å². The lowest BCUT2D eigenvalue weighted by atomic mass is 10.00. The molecule has 1 nitrogen and oxygen atoms in total. The number of hydrogen-bond acceptors (Lipinski definition) is 2. The minimum absolute atomic E-state index is 0.153. The fourth-order valence-electron chi connectivity index (χ4n) is 2.18. The average molecular weight is 261 g/mol. The van der Waals surface area contributed by atoms with E-state index in [1.807, 2.05) is 6.07 Å². The summed E-state index contributed by atoms with van der Waals surface area (Å²) in [6.07, 6.45) is 2.50. The molecule has 0 atom stereocenters. The second-order valence-corrected chi connectivity index (χ2v) is 5.97. The first-order chi connectivity index (χ1) is 8.74. The SMILES string of the molecule is Cc1sccc1-c1ccc(F)cc1CNC1CC1. The van der Waals surface area contributed by atoms with Crippen LogP contribution in [0.5, 0.6) is 0 Å². The van der Waals surface area contributed by atoms with Gasteiger partial charge in [0.1, 0.15) is 5.82 Å². The zero-order valence-corrected chi connectivity index (χ0v) is 11.2. The van der Waals surface area contributed by atoms with Gasteiger partial charge in [-0.3, -0.25) is 0 Å². The molecule has 1 aliphatic rings. The predicted molar refractivity (Wildman–Crippen MR) is 74.3 cm³/mol. The van der Waals surface area contributed by atoms with Crippen molar-refractivity contribution in [1.82, 2.24) is 5.32 Å². The monoisotopic (exact) mass is 261 g/mol. The molecule has 0 spiro atoms. The molecule has 3 heteroatoms. The Labute approximate surface area is 111 Å². The van der Waals surface area contributed by atoms with Gasteiger partial charge in [-0.2, -0.15) is 0 Å². The summed E-state index contributed by atoms with van der Waals surface area (Å²) < 4.78 is 13.4. The van der Waals surface area contributed by atoms with Gasteiger partial charge in [-0.25, -0.2) is 4.39 Å². The molecule has 0 unspecified atom stereocenters. The highest BCUT2D eigenvalue weighted by molar-refractivity contribution is 7.10. The van der Waals surface area contributed by atoms with Gasteiger partial charge in [-0.05, 0) is 60.0 Å². The van der Waals surface area contributed by atoms with Gasteiger partial charge in [0, 0.05) is 17.5 Å². The first-order valence-corrected chi connectivity index (χ1v) is 7.18. The summed E-state index contributed by atoms with van der Waals surface area (Å²) in [7, 11) is 0. The standard InChI is InChI=1S/C15H16FNS/c1-10-14(6-7-18-10)15-5-2-12(16)8-11(15)9-17-13-3-4-13/h2,5-8,13,17H,3-4,9H2,1H3. The van der Waals surface area contributed by atoms with E-state index < -0.39 is 0 Å². The van der Waals surface area contributed by atoms with Crippen LogP contribution < -0.4 is 5.32 Å². The van der Waals surface area contributed by atoms with E-state index in [0.29, 0.717) is 6.04 Å². The Morgan fingerprint density at radius 3 is 2.78 bits per heavy atom. The largest absolute Gasteiger partial charge is 0.310 e. The molecule has 0 bridgehead atoms. The Kier molecular flexibility index (Phi) is 3.18. The minimum atomic E-state index is -0.153. The van der Waals surface area contributed by atoms with Crippen molar-refractivity contribution < 1.29 is 4.39 Å². The predicted octanol–water partition coefficient (Wildman–Crippen LogP) is 4.11. The van der Waals surface area contributed by atoms with Crippen molar-refractivity contribution in [2.75, 3.05) is 0 Å². The van der Waals surface area contributed by atoms with E-state index in [2.05, 4.69) is 23.7 Å². The quantitative estimate of drug-likeness (QED) is 0.873. The van der Waals surface area contributed by atoms with Crippen molar-refractivity contribution in [3.63, 3.8) is 0 Å². The number of aryl methyl sites for hydroxylation is 1. The summed E-state index contributed by atoms with van der Waals surface area (Å²) in [6.45, 7) is 2.87. The lowest BCUT2D eigenvalue weighted by Crippen LogP contribution is -2.16. The van der Waals surface area contributed by atoms with Crippen LogP contribution in [-0.4, -0.2) is 6.04 Å². The molecule has 0 aliphatic heterocycles. The third-order valence-corrected chi connectivity index (χ3v) is 4.22. The molecule has 0 radical (unpaired) electrons. The Bertz CT molecular complexity index is 557. The van der Waals surface area contributed by atoms with Crippen molar-refractivity contribution >= 4 is 11.3 Å². The topological polar surface area (TPSA) is 12.0 Å². The highest BCUT2D eigenvalue weighted by atomic mass is 32.1. The van der Waals surface area contributed by atoms with Crippen LogP contribution in [0.1, 0.15) is 23.3 Å². The van der Waals surface area contributed by atoms with E-state index >= 15 is 0 Å². The summed E-state index contributed by atoms with van der Waals surface area (Å²) in [6, 6.07) is 7.86. The lowest BCUT2D eigenvalue weighted by Gasteiger charge is -2.10. The summed E-state index contributed by atoms with van der Waals surface area (Å²) in [4.78, 5) is 1.29. The second kappa shape index (κ2) is 4.82. The normalized spacial score (nSPS) is 15.0. The smallest absolute Gasteiger partial charge is 0.123 e.